The number of ether oxygens (including phenoxy) is 1. The first kappa shape index (κ1) is 23.8. The first-order chi connectivity index (χ1) is 16.5. The van der Waals surface area contributed by atoms with Crippen LogP contribution in [0.1, 0.15) is 56.1 Å². The third-order valence-corrected chi connectivity index (χ3v) is 7.06. The fraction of sp³-hybridized carbons (Fsp3) is 0.444. The number of aliphatic carboxylic acids is 1. The smallest absolute Gasteiger partial charge is 0.407 e. The van der Waals surface area contributed by atoms with E-state index in [1.807, 2.05) is 31.2 Å². The van der Waals surface area contributed by atoms with Crippen molar-refractivity contribution < 1.29 is 24.2 Å². The van der Waals surface area contributed by atoms with E-state index in [4.69, 9.17) is 4.74 Å². The van der Waals surface area contributed by atoms with Gasteiger partial charge in [-0.25, -0.2) is 4.79 Å². The molecule has 0 saturated carbocycles. The van der Waals surface area contributed by atoms with E-state index in [1.165, 1.54) is 22.3 Å². The molecular formula is C27H32N2O5. The minimum absolute atomic E-state index is 0.0143. The fourth-order valence-electron chi connectivity index (χ4n) is 5.21. The molecule has 2 amide bonds. The molecule has 2 aromatic carbocycles. The van der Waals surface area contributed by atoms with E-state index in [-0.39, 0.29) is 24.5 Å². The van der Waals surface area contributed by atoms with Crippen LogP contribution in [-0.4, -0.2) is 53.7 Å². The highest BCUT2D eigenvalue weighted by atomic mass is 16.5. The number of nitrogens with zero attached hydrogens (tertiary/aromatic N) is 1. The summed E-state index contributed by atoms with van der Waals surface area (Å²) in [5.41, 5.74) is 4.73. The fourth-order valence-corrected chi connectivity index (χ4v) is 5.21. The number of benzene rings is 2. The second-order valence-corrected chi connectivity index (χ2v) is 9.12. The average Bonchev–Trinajstić information content (AvgIpc) is 3.16. The van der Waals surface area contributed by atoms with Gasteiger partial charge < -0.3 is 20.1 Å². The van der Waals surface area contributed by atoms with Gasteiger partial charge in [0, 0.05) is 31.5 Å². The van der Waals surface area contributed by atoms with Gasteiger partial charge in [-0.1, -0.05) is 48.5 Å². The van der Waals surface area contributed by atoms with Gasteiger partial charge in [-0.05, 0) is 54.9 Å². The first-order valence-corrected chi connectivity index (χ1v) is 12.1. The number of nitrogens with one attached hydrogen (secondary N) is 1. The second kappa shape index (κ2) is 10.7. The van der Waals surface area contributed by atoms with Crippen LogP contribution < -0.4 is 5.32 Å². The van der Waals surface area contributed by atoms with Crippen molar-refractivity contribution in [3.8, 4) is 11.1 Å². The standard InChI is InChI=1S/C27H32N2O5/c1-18-19(26(31)32)13-8-16-29(18)25(30)14-6-7-15-28-27(33)34-17-24-22-11-4-2-9-20(22)21-10-3-5-12-23(21)24/h2-5,9-12,18-19,24H,6-8,13-17H2,1H3,(H,28,33)(H,31,32)/t18-,19-/m1/s1. The summed E-state index contributed by atoms with van der Waals surface area (Å²) >= 11 is 0. The Morgan fingerprint density at radius 1 is 1.03 bits per heavy atom. The van der Waals surface area contributed by atoms with Crippen molar-refractivity contribution in [3.05, 3.63) is 59.7 Å². The topological polar surface area (TPSA) is 95.9 Å². The number of fused-ring (bicyclic) bond motifs is 3. The number of carboxylic acid groups (broad SMARTS) is 1. The van der Waals surface area contributed by atoms with Crippen molar-refractivity contribution in [2.75, 3.05) is 19.7 Å². The van der Waals surface area contributed by atoms with Gasteiger partial charge in [-0.3, -0.25) is 9.59 Å². The van der Waals surface area contributed by atoms with Crippen molar-refractivity contribution in [2.24, 2.45) is 5.92 Å². The van der Waals surface area contributed by atoms with Crippen molar-refractivity contribution in [1.29, 1.82) is 0 Å². The third kappa shape index (κ3) is 5.08. The molecule has 0 spiro atoms. The maximum Gasteiger partial charge on any atom is 0.407 e. The summed E-state index contributed by atoms with van der Waals surface area (Å²) in [6.07, 6.45) is 2.51. The SMILES string of the molecule is C[C@@H]1[C@H](C(=O)O)CCCN1C(=O)CCCCNC(=O)OCC1c2ccccc2-c2ccccc21. The largest absolute Gasteiger partial charge is 0.481 e. The van der Waals surface area contributed by atoms with Crippen LogP contribution in [-0.2, 0) is 14.3 Å². The molecule has 4 rings (SSSR count). The molecule has 1 fully saturated rings. The number of alkyl carbamates (subject to hydrolysis) is 1. The number of amides is 2. The molecule has 0 unspecified atom stereocenters. The average molecular weight is 465 g/mol. The Bertz CT molecular complexity index is 1010. The van der Waals surface area contributed by atoms with E-state index in [9.17, 15) is 19.5 Å². The van der Waals surface area contributed by atoms with Gasteiger partial charge in [0.1, 0.15) is 6.61 Å². The van der Waals surface area contributed by atoms with E-state index in [0.29, 0.717) is 38.8 Å². The first-order valence-electron chi connectivity index (χ1n) is 12.1. The summed E-state index contributed by atoms with van der Waals surface area (Å²) in [6, 6.07) is 16.1. The Labute approximate surface area is 200 Å². The van der Waals surface area contributed by atoms with E-state index in [0.717, 1.165) is 6.42 Å². The molecule has 34 heavy (non-hydrogen) atoms. The number of carboxylic acids is 1. The molecule has 180 valence electrons. The Balaban J connectivity index is 1.18. The summed E-state index contributed by atoms with van der Waals surface area (Å²) in [5.74, 6) is -1.32. The van der Waals surface area contributed by atoms with Crippen LogP contribution in [0.15, 0.2) is 48.5 Å². The minimum Gasteiger partial charge on any atom is -0.481 e. The molecule has 2 aliphatic rings. The van der Waals surface area contributed by atoms with Gasteiger partial charge in [0.2, 0.25) is 5.91 Å². The number of hydrogen-bond donors (Lipinski definition) is 2. The number of piperidine rings is 1. The molecular weight excluding hydrogens is 432 g/mol. The molecule has 2 atom stereocenters. The van der Waals surface area contributed by atoms with Crippen LogP contribution in [0.2, 0.25) is 0 Å². The van der Waals surface area contributed by atoms with Crippen LogP contribution in [0.4, 0.5) is 4.79 Å². The number of likely N-dealkylation sites (tertiary alicyclic amines) is 1. The van der Waals surface area contributed by atoms with Crippen LogP contribution in [0.3, 0.4) is 0 Å². The monoisotopic (exact) mass is 464 g/mol. The molecule has 1 aliphatic carbocycles. The van der Waals surface area contributed by atoms with E-state index in [1.54, 1.807) is 4.90 Å². The van der Waals surface area contributed by atoms with E-state index >= 15 is 0 Å². The van der Waals surface area contributed by atoms with Gasteiger partial charge in [0.25, 0.3) is 0 Å². The highest BCUT2D eigenvalue weighted by Crippen LogP contribution is 2.44. The van der Waals surface area contributed by atoms with Gasteiger partial charge in [0.05, 0.1) is 5.92 Å². The molecule has 7 nitrogen and oxygen atoms in total. The van der Waals surface area contributed by atoms with Gasteiger partial charge >= 0.3 is 12.1 Å². The quantitative estimate of drug-likeness (QED) is 0.565. The van der Waals surface area contributed by atoms with Crippen LogP contribution in [0, 0.1) is 5.92 Å². The predicted octanol–water partition coefficient (Wildman–Crippen LogP) is 4.41. The summed E-state index contributed by atoms with van der Waals surface area (Å²) < 4.78 is 5.53. The lowest BCUT2D eigenvalue weighted by molar-refractivity contribution is -0.149. The van der Waals surface area contributed by atoms with Crippen LogP contribution in [0.5, 0.6) is 0 Å². The molecule has 2 aromatic rings. The molecule has 1 aliphatic heterocycles. The molecule has 0 bridgehead atoms. The van der Waals surface area contributed by atoms with Crippen LogP contribution >= 0.6 is 0 Å². The number of carbonyl (C=O) groups is 3. The van der Waals surface area contributed by atoms with Gasteiger partial charge in [-0.2, -0.15) is 0 Å². The summed E-state index contributed by atoms with van der Waals surface area (Å²) in [7, 11) is 0. The zero-order chi connectivity index (χ0) is 24.1. The van der Waals surface area contributed by atoms with Gasteiger partial charge in [-0.15, -0.1) is 0 Å². The Morgan fingerprint density at radius 3 is 2.32 bits per heavy atom. The van der Waals surface area contributed by atoms with Gasteiger partial charge in [0.15, 0.2) is 0 Å². The number of unbranched alkanes of at least 4 members (excludes halogenated alkanes) is 1. The number of rotatable bonds is 8. The molecule has 2 N–H and O–H groups in total. The summed E-state index contributed by atoms with van der Waals surface area (Å²) in [5, 5.41) is 12.1. The zero-order valence-electron chi connectivity index (χ0n) is 19.5. The van der Waals surface area contributed by atoms with Crippen molar-refractivity contribution in [3.63, 3.8) is 0 Å². The Kier molecular flexibility index (Phi) is 7.50. The molecule has 7 heteroatoms. The maximum atomic E-state index is 12.5. The number of hydrogen-bond acceptors (Lipinski definition) is 4. The normalized spacial score (nSPS) is 19.3. The summed E-state index contributed by atoms with van der Waals surface area (Å²) in [4.78, 5) is 37.9. The van der Waals surface area contributed by atoms with E-state index in [2.05, 4.69) is 29.6 Å². The predicted molar refractivity (Wildman–Crippen MR) is 128 cm³/mol. The second-order valence-electron chi connectivity index (χ2n) is 9.12. The summed E-state index contributed by atoms with van der Waals surface area (Å²) in [6.45, 7) is 3.13. The highest BCUT2D eigenvalue weighted by molar-refractivity contribution is 5.79. The lowest BCUT2D eigenvalue weighted by Gasteiger charge is -2.37. The molecule has 1 saturated heterocycles. The lowest BCUT2D eigenvalue weighted by Crippen LogP contribution is -2.49. The molecule has 1 heterocycles. The maximum absolute atomic E-state index is 12.5. The van der Waals surface area contributed by atoms with Crippen molar-refractivity contribution in [2.45, 2.75) is 51.0 Å². The third-order valence-electron chi connectivity index (χ3n) is 7.06. The van der Waals surface area contributed by atoms with Crippen molar-refractivity contribution >= 4 is 18.0 Å². The number of carbonyl (C=O) groups excluding carboxylic acids is 2. The molecule has 0 aromatic heterocycles. The minimum atomic E-state index is -0.836. The zero-order valence-corrected chi connectivity index (χ0v) is 19.5. The Morgan fingerprint density at radius 2 is 1.68 bits per heavy atom. The molecule has 0 radical (unpaired) electrons. The van der Waals surface area contributed by atoms with Crippen LogP contribution in [0.25, 0.3) is 11.1 Å². The van der Waals surface area contributed by atoms with Crippen molar-refractivity contribution in [1.82, 2.24) is 10.2 Å². The van der Waals surface area contributed by atoms with E-state index < -0.39 is 18.0 Å². The lowest BCUT2D eigenvalue weighted by atomic mass is 9.90. The highest BCUT2D eigenvalue weighted by Gasteiger charge is 2.35. The Hall–Kier alpha value is -3.35.